The summed E-state index contributed by atoms with van der Waals surface area (Å²) in [6, 6.07) is -1.77. The molecule has 19 heavy (non-hydrogen) atoms. The van der Waals surface area contributed by atoms with Gasteiger partial charge in [-0.2, -0.15) is 0 Å². The van der Waals surface area contributed by atoms with Crippen molar-refractivity contribution in [2.75, 3.05) is 26.8 Å². The maximum Gasteiger partial charge on any atom is 0.326 e. The van der Waals surface area contributed by atoms with Gasteiger partial charge in [-0.3, -0.25) is 4.79 Å². The summed E-state index contributed by atoms with van der Waals surface area (Å²) in [5.41, 5.74) is 0. The third-order valence-corrected chi connectivity index (χ3v) is 2.32. The number of nitrogens with one attached hydrogen (secondary N) is 1. The van der Waals surface area contributed by atoms with Crippen LogP contribution in [0.25, 0.3) is 0 Å². The Bertz CT molecular complexity index is 320. The molecule has 0 aliphatic carbocycles. The van der Waals surface area contributed by atoms with Crippen molar-refractivity contribution in [3.8, 4) is 0 Å². The Kier molecular flexibility index (Phi) is 8.27. The first-order valence-corrected chi connectivity index (χ1v) is 5.93. The highest BCUT2D eigenvalue weighted by Crippen LogP contribution is 1.96. The number of hydrogen-bond acceptors (Lipinski definition) is 5. The summed E-state index contributed by atoms with van der Waals surface area (Å²) >= 11 is 0. The van der Waals surface area contributed by atoms with Crippen LogP contribution in [-0.2, 0) is 14.3 Å². The molecule has 0 saturated heterocycles. The first kappa shape index (κ1) is 17.2. The van der Waals surface area contributed by atoms with Crippen molar-refractivity contribution in [2.24, 2.45) is 0 Å². The summed E-state index contributed by atoms with van der Waals surface area (Å²) in [6.45, 7) is 1.73. The van der Waals surface area contributed by atoms with Crippen LogP contribution in [0.1, 0.15) is 19.8 Å². The molecule has 0 rings (SSSR count). The van der Waals surface area contributed by atoms with Gasteiger partial charge in [0.1, 0.15) is 6.04 Å². The lowest BCUT2D eigenvalue weighted by atomic mass is 10.2. The van der Waals surface area contributed by atoms with E-state index in [1.54, 1.807) is 6.92 Å². The molecule has 0 aliphatic rings. The van der Waals surface area contributed by atoms with Gasteiger partial charge in [0, 0.05) is 26.6 Å². The van der Waals surface area contributed by atoms with E-state index in [2.05, 4.69) is 5.32 Å². The van der Waals surface area contributed by atoms with Gasteiger partial charge in [0.25, 0.3) is 0 Å². The third-order valence-electron chi connectivity index (χ3n) is 2.32. The second kappa shape index (κ2) is 9.15. The highest BCUT2D eigenvalue weighted by atomic mass is 16.5. The molecule has 0 radical (unpaired) electrons. The smallest absolute Gasteiger partial charge is 0.326 e. The van der Waals surface area contributed by atoms with Crippen LogP contribution in [0, 0.1) is 0 Å². The van der Waals surface area contributed by atoms with Crippen molar-refractivity contribution < 1.29 is 29.3 Å². The van der Waals surface area contributed by atoms with Crippen molar-refractivity contribution in [1.82, 2.24) is 10.2 Å². The van der Waals surface area contributed by atoms with Crippen LogP contribution in [-0.4, -0.2) is 65.9 Å². The zero-order chi connectivity index (χ0) is 14.8. The molecule has 2 amide bonds. The molecule has 0 fully saturated rings. The molecule has 0 unspecified atom stereocenters. The number of carboxylic acid groups (broad SMARTS) is 1. The Hall–Kier alpha value is -1.83. The van der Waals surface area contributed by atoms with Gasteiger partial charge in [-0.15, -0.1) is 0 Å². The highest BCUT2D eigenvalue weighted by molar-refractivity contribution is 5.82. The summed E-state index contributed by atoms with van der Waals surface area (Å²) in [5.74, 6) is -1.64. The van der Waals surface area contributed by atoms with Gasteiger partial charge in [-0.25, -0.2) is 9.59 Å². The van der Waals surface area contributed by atoms with Crippen molar-refractivity contribution in [2.45, 2.75) is 25.8 Å². The second-order valence-corrected chi connectivity index (χ2v) is 3.83. The number of amides is 2. The molecule has 0 heterocycles. The maximum absolute atomic E-state index is 11.6. The van der Waals surface area contributed by atoms with Crippen molar-refractivity contribution >= 4 is 18.0 Å². The van der Waals surface area contributed by atoms with Crippen molar-refractivity contribution in [1.29, 1.82) is 0 Å². The molecule has 1 atom stereocenters. The van der Waals surface area contributed by atoms with E-state index in [1.807, 2.05) is 0 Å². The molecule has 0 saturated carbocycles. The molecule has 0 aromatic carbocycles. The number of aliphatic carboxylic acids is 1. The molecule has 0 spiro atoms. The van der Waals surface area contributed by atoms with E-state index in [4.69, 9.17) is 14.9 Å². The fourth-order valence-electron chi connectivity index (χ4n) is 1.24. The van der Waals surface area contributed by atoms with Gasteiger partial charge in [0.05, 0.1) is 13.0 Å². The van der Waals surface area contributed by atoms with E-state index < -0.39 is 24.0 Å². The summed E-state index contributed by atoms with van der Waals surface area (Å²) in [7, 11) is 1.44. The minimum absolute atomic E-state index is 0.0372. The van der Waals surface area contributed by atoms with Crippen molar-refractivity contribution in [3.63, 3.8) is 0 Å². The zero-order valence-corrected chi connectivity index (χ0v) is 11.1. The summed E-state index contributed by atoms with van der Waals surface area (Å²) < 4.78 is 4.71. The van der Waals surface area contributed by atoms with Gasteiger partial charge >= 0.3 is 18.0 Å². The fourth-order valence-corrected chi connectivity index (χ4v) is 1.24. The van der Waals surface area contributed by atoms with Crippen LogP contribution in [0.15, 0.2) is 0 Å². The fraction of sp³-hybridized carbons (Fsp3) is 0.727. The molecule has 8 heteroatoms. The Morgan fingerprint density at radius 1 is 1.37 bits per heavy atom. The predicted molar refractivity (Wildman–Crippen MR) is 65.5 cm³/mol. The highest BCUT2D eigenvalue weighted by Gasteiger charge is 2.21. The van der Waals surface area contributed by atoms with Crippen molar-refractivity contribution in [3.05, 3.63) is 0 Å². The summed E-state index contributed by atoms with van der Waals surface area (Å²) in [4.78, 5) is 34.7. The van der Waals surface area contributed by atoms with Gasteiger partial charge in [-0.1, -0.05) is 0 Å². The Labute approximate surface area is 111 Å². The van der Waals surface area contributed by atoms with Gasteiger partial charge in [-0.05, 0) is 6.92 Å². The zero-order valence-electron chi connectivity index (χ0n) is 11.1. The van der Waals surface area contributed by atoms with E-state index >= 15 is 0 Å². The number of nitrogens with zero attached hydrogens (tertiary/aromatic N) is 1. The quantitative estimate of drug-likeness (QED) is 0.511. The number of hydrogen-bond donors (Lipinski definition) is 3. The molecule has 0 aromatic heterocycles. The van der Waals surface area contributed by atoms with E-state index in [1.165, 1.54) is 11.9 Å². The number of carboxylic acids is 1. The number of aliphatic hydroxyl groups is 1. The first-order chi connectivity index (χ1) is 8.92. The lowest BCUT2D eigenvalue weighted by Crippen LogP contribution is -2.47. The normalized spacial score (nSPS) is 11.5. The van der Waals surface area contributed by atoms with Crippen LogP contribution in [0.4, 0.5) is 4.79 Å². The van der Waals surface area contributed by atoms with E-state index in [0.29, 0.717) is 0 Å². The van der Waals surface area contributed by atoms with Gasteiger partial charge in [0.15, 0.2) is 0 Å². The molecule has 0 bridgehead atoms. The lowest BCUT2D eigenvalue weighted by molar-refractivity contribution is -0.143. The van der Waals surface area contributed by atoms with Gasteiger partial charge < -0.3 is 25.2 Å². The molecular weight excluding hydrogens is 256 g/mol. The number of aliphatic hydroxyl groups excluding tert-OH is 1. The molecule has 0 aromatic rings. The summed E-state index contributed by atoms with van der Waals surface area (Å²) in [6.07, 6.45) is -0.0394. The molecular formula is C11H20N2O6. The average molecular weight is 276 g/mol. The molecule has 3 N–H and O–H groups in total. The van der Waals surface area contributed by atoms with Crippen LogP contribution in [0.2, 0.25) is 0 Å². The largest absolute Gasteiger partial charge is 0.480 e. The SMILES string of the molecule is CCOC(=O)CCN(C)C(=O)N[C@H](CCO)C(=O)O. The minimum Gasteiger partial charge on any atom is -0.480 e. The van der Waals surface area contributed by atoms with Crippen LogP contribution >= 0.6 is 0 Å². The van der Waals surface area contributed by atoms with Crippen LogP contribution < -0.4 is 5.32 Å². The Balaban J connectivity index is 4.17. The Morgan fingerprint density at radius 2 is 2.00 bits per heavy atom. The molecule has 0 aliphatic heterocycles. The number of rotatable bonds is 8. The first-order valence-electron chi connectivity index (χ1n) is 5.93. The van der Waals surface area contributed by atoms with E-state index in [9.17, 15) is 14.4 Å². The van der Waals surface area contributed by atoms with Gasteiger partial charge in [0.2, 0.25) is 0 Å². The second-order valence-electron chi connectivity index (χ2n) is 3.83. The summed E-state index contributed by atoms with van der Waals surface area (Å²) in [5, 5.41) is 19.7. The average Bonchev–Trinajstić information content (AvgIpc) is 2.35. The number of ether oxygens (including phenoxy) is 1. The monoisotopic (exact) mass is 276 g/mol. The number of urea groups is 1. The molecule has 8 nitrogen and oxygen atoms in total. The number of carbonyl (C=O) groups excluding carboxylic acids is 2. The van der Waals surface area contributed by atoms with E-state index in [0.717, 1.165) is 0 Å². The predicted octanol–water partition coefficient (Wildman–Crippen LogP) is -0.583. The minimum atomic E-state index is -1.22. The third kappa shape index (κ3) is 7.24. The topological polar surface area (TPSA) is 116 Å². The maximum atomic E-state index is 11.6. The standard InChI is InChI=1S/C11H20N2O6/c1-3-19-9(15)4-6-13(2)11(18)12-8(5-7-14)10(16)17/h8,14H,3-7H2,1-2H3,(H,12,18)(H,16,17)/t8-/m1/s1. The van der Waals surface area contributed by atoms with E-state index in [-0.39, 0.29) is 32.6 Å². The number of carbonyl (C=O) groups is 3. The molecule has 110 valence electrons. The lowest BCUT2D eigenvalue weighted by Gasteiger charge is -2.20. The Morgan fingerprint density at radius 3 is 2.47 bits per heavy atom. The van der Waals surface area contributed by atoms with Crippen LogP contribution in [0.5, 0.6) is 0 Å². The van der Waals surface area contributed by atoms with Crippen LogP contribution in [0.3, 0.4) is 0 Å². The number of esters is 1.